The van der Waals surface area contributed by atoms with E-state index in [0.717, 1.165) is 0 Å². The molecule has 0 bridgehead atoms. The van der Waals surface area contributed by atoms with Crippen LogP contribution in [0.4, 0.5) is 9.59 Å². The third-order valence-corrected chi connectivity index (χ3v) is 5.91. The number of nitrogens with zero attached hydrogens (tertiary/aromatic N) is 5. The van der Waals surface area contributed by atoms with Crippen molar-refractivity contribution in [1.29, 1.82) is 0 Å². The highest BCUT2D eigenvalue weighted by molar-refractivity contribution is 5.91. The summed E-state index contributed by atoms with van der Waals surface area (Å²) in [6.07, 6.45) is 4.06. The van der Waals surface area contributed by atoms with Gasteiger partial charge in [0.05, 0.1) is 13.7 Å². The Morgan fingerprint density at radius 2 is 1.59 bits per heavy atom. The zero-order valence-corrected chi connectivity index (χ0v) is 23.7. The average molecular weight is 591 g/mol. The van der Waals surface area contributed by atoms with Crippen LogP contribution >= 0.6 is 0 Å². The largest absolute Gasteiger partial charge is 1.00 e. The lowest BCUT2D eigenvalue weighted by Crippen LogP contribution is -3.00. The summed E-state index contributed by atoms with van der Waals surface area (Å²) in [5, 5.41) is 0. The van der Waals surface area contributed by atoms with Crippen LogP contribution in [0.5, 0.6) is 0 Å². The Bertz CT molecular complexity index is 914. The molecule has 3 heterocycles. The summed E-state index contributed by atoms with van der Waals surface area (Å²) in [6, 6.07) is -0.124. The van der Waals surface area contributed by atoms with Crippen LogP contribution in [-0.2, 0) is 21.3 Å². The van der Waals surface area contributed by atoms with E-state index in [1.54, 1.807) is 60.8 Å². The maximum atomic E-state index is 13.7. The van der Waals surface area contributed by atoms with Gasteiger partial charge in [0.2, 0.25) is 0 Å². The molecule has 192 valence electrons. The molecule has 3 rings (SSSR count). The van der Waals surface area contributed by atoms with E-state index in [9.17, 15) is 14.4 Å². The molecule has 1 aromatic rings. The van der Waals surface area contributed by atoms with Crippen molar-refractivity contribution >= 4 is 18.0 Å². The summed E-state index contributed by atoms with van der Waals surface area (Å²) < 4.78 is 15.0. The molecule has 0 unspecified atom stereocenters. The van der Waals surface area contributed by atoms with Gasteiger partial charge in [0.1, 0.15) is 29.8 Å². The third-order valence-electron chi connectivity index (χ3n) is 5.91. The predicted octanol–water partition coefficient (Wildman–Crippen LogP) is -1.17. The molecule has 0 N–H and O–H groups in total. The van der Waals surface area contributed by atoms with E-state index in [2.05, 4.69) is 0 Å². The van der Waals surface area contributed by atoms with Crippen molar-refractivity contribution in [2.45, 2.75) is 65.8 Å². The van der Waals surface area contributed by atoms with E-state index in [0.29, 0.717) is 26.2 Å². The number of hydrogen-bond acceptors (Lipinski definition) is 5. The normalized spacial score (nSPS) is 23.5. The number of halogens is 1. The number of rotatable bonds is 1. The molecule has 1 aromatic heterocycles. The van der Waals surface area contributed by atoms with Gasteiger partial charge in [-0.05, 0) is 27.7 Å². The molecular formula is C23H38IN5O5. The summed E-state index contributed by atoms with van der Waals surface area (Å²) in [6.45, 7) is 14.7. The van der Waals surface area contributed by atoms with Crippen LogP contribution in [0.3, 0.4) is 0 Å². The molecule has 10 nitrogen and oxygen atoms in total. The Labute approximate surface area is 219 Å². The fraction of sp³-hybridized carbons (Fsp3) is 0.739. The van der Waals surface area contributed by atoms with Gasteiger partial charge in [-0.3, -0.25) is 9.69 Å². The lowest BCUT2D eigenvalue weighted by Gasteiger charge is -2.43. The van der Waals surface area contributed by atoms with Crippen molar-refractivity contribution in [3.05, 3.63) is 18.7 Å². The molecule has 2 aliphatic rings. The molecular weight excluding hydrogens is 553 g/mol. The standard InChI is InChI=1S/C23H38N5O5.HI/c1-21(2,3)18-28(20(31)33-22(4,5)6)23(7,15-32-18)17(29)25-11-13-26(14-12-25)19(30)27-10-9-24(8)16-27;/h9-10,16,18H,11-15H2,1-8H3;1H/q+1;/p-1/t18-,23+;/m1./s1. The Morgan fingerprint density at radius 3 is 2.06 bits per heavy atom. The van der Waals surface area contributed by atoms with Crippen molar-refractivity contribution in [2.75, 3.05) is 32.8 Å². The Balaban J connectivity index is 0.00000408. The second-order valence-corrected chi connectivity index (χ2v) is 11.2. The van der Waals surface area contributed by atoms with Crippen LogP contribution in [0.25, 0.3) is 0 Å². The number of aromatic nitrogens is 2. The van der Waals surface area contributed by atoms with E-state index in [1.165, 1.54) is 9.47 Å². The number of ether oxygens (including phenoxy) is 2. The molecule has 2 atom stereocenters. The summed E-state index contributed by atoms with van der Waals surface area (Å²) in [5.41, 5.74) is -2.30. The van der Waals surface area contributed by atoms with Crippen LogP contribution in [-0.4, -0.2) is 87.5 Å². The number of imidazole rings is 1. The first-order valence-electron chi connectivity index (χ1n) is 11.4. The number of amides is 3. The number of carbonyl (C=O) groups is 3. The molecule has 0 aromatic carbocycles. The molecule has 2 saturated heterocycles. The highest BCUT2D eigenvalue weighted by Gasteiger charge is 2.57. The van der Waals surface area contributed by atoms with E-state index >= 15 is 0 Å². The maximum absolute atomic E-state index is 13.7. The van der Waals surface area contributed by atoms with Crippen molar-refractivity contribution in [3.63, 3.8) is 0 Å². The fourth-order valence-electron chi connectivity index (χ4n) is 4.22. The van der Waals surface area contributed by atoms with Gasteiger partial charge in [-0.1, -0.05) is 20.8 Å². The van der Waals surface area contributed by atoms with Crippen LogP contribution < -0.4 is 28.5 Å². The van der Waals surface area contributed by atoms with Gasteiger partial charge in [-0.2, -0.15) is 4.57 Å². The zero-order valence-electron chi connectivity index (χ0n) is 21.5. The molecule has 11 heteroatoms. The maximum Gasteiger partial charge on any atom is 0.415 e. The average Bonchev–Trinajstić information content (AvgIpc) is 3.29. The van der Waals surface area contributed by atoms with Gasteiger partial charge >= 0.3 is 12.1 Å². The second kappa shape index (κ2) is 10.00. The minimum absolute atomic E-state index is 0. The summed E-state index contributed by atoms with van der Waals surface area (Å²) in [4.78, 5) is 44.6. The Morgan fingerprint density at radius 1 is 1.03 bits per heavy atom. The molecule has 2 fully saturated rings. The van der Waals surface area contributed by atoms with Gasteiger partial charge in [-0.15, -0.1) is 0 Å². The first kappa shape index (κ1) is 28.3. The monoisotopic (exact) mass is 591 g/mol. The van der Waals surface area contributed by atoms with Crippen molar-refractivity contribution < 1.29 is 52.4 Å². The minimum Gasteiger partial charge on any atom is -1.00 e. The van der Waals surface area contributed by atoms with Gasteiger partial charge in [0.25, 0.3) is 12.2 Å². The molecule has 0 spiro atoms. The minimum atomic E-state index is -1.19. The summed E-state index contributed by atoms with van der Waals surface area (Å²) in [5.74, 6) is -0.195. The molecule has 0 radical (unpaired) electrons. The predicted molar refractivity (Wildman–Crippen MR) is 120 cm³/mol. The van der Waals surface area contributed by atoms with Gasteiger partial charge in [0.15, 0.2) is 0 Å². The molecule has 34 heavy (non-hydrogen) atoms. The van der Waals surface area contributed by atoms with Crippen LogP contribution in [0.2, 0.25) is 0 Å². The third kappa shape index (κ3) is 5.84. The van der Waals surface area contributed by atoms with E-state index in [-0.39, 0.29) is 42.5 Å². The number of piperazine rings is 1. The fourth-order valence-corrected chi connectivity index (χ4v) is 4.22. The van der Waals surface area contributed by atoms with Crippen LogP contribution in [0, 0.1) is 5.41 Å². The molecule has 0 aliphatic carbocycles. The smallest absolute Gasteiger partial charge is 0.415 e. The van der Waals surface area contributed by atoms with Crippen molar-refractivity contribution in [2.24, 2.45) is 12.5 Å². The van der Waals surface area contributed by atoms with E-state index in [4.69, 9.17) is 9.47 Å². The molecule has 0 saturated carbocycles. The van der Waals surface area contributed by atoms with E-state index in [1.807, 2.05) is 27.8 Å². The second-order valence-electron chi connectivity index (χ2n) is 11.2. The van der Waals surface area contributed by atoms with Crippen LogP contribution in [0.15, 0.2) is 18.7 Å². The van der Waals surface area contributed by atoms with Crippen LogP contribution in [0.1, 0.15) is 48.5 Å². The van der Waals surface area contributed by atoms with Crippen molar-refractivity contribution in [3.8, 4) is 0 Å². The van der Waals surface area contributed by atoms with Crippen molar-refractivity contribution in [1.82, 2.24) is 19.3 Å². The first-order valence-corrected chi connectivity index (χ1v) is 11.4. The van der Waals surface area contributed by atoms with Gasteiger partial charge < -0.3 is 43.3 Å². The van der Waals surface area contributed by atoms with E-state index < -0.39 is 28.9 Å². The quantitative estimate of drug-likeness (QED) is 0.304. The molecule has 2 aliphatic heterocycles. The molecule has 3 amide bonds. The lowest BCUT2D eigenvalue weighted by molar-refractivity contribution is -0.670. The summed E-state index contributed by atoms with van der Waals surface area (Å²) >= 11 is 0. The lowest BCUT2D eigenvalue weighted by atomic mass is 9.91. The van der Waals surface area contributed by atoms with Gasteiger partial charge in [0, 0.05) is 31.6 Å². The first-order chi connectivity index (χ1) is 15.1. The highest BCUT2D eigenvalue weighted by atomic mass is 127. The Kier molecular flexibility index (Phi) is 8.34. The number of aryl methyl sites for hydroxylation is 1. The highest BCUT2D eigenvalue weighted by Crippen LogP contribution is 2.39. The number of hydrogen-bond donors (Lipinski definition) is 0. The number of carbonyl (C=O) groups excluding carboxylic acids is 3. The Hall–Kier alpha value is -1.89. The zero-order chi connectivity index (χ0) is 24.8. The SMILES string of the molecule is C[n+]1ccn(C(=O)N2CCN(C(=O)[C@]3(C)CO[C@H](C(C)(C)C)N3C(=O)OC(C)(C)C)CC2)c1.[I-]. The van der Waals surface area contributed by atoms with Gasteiger partial charge in [-0.25, -0.2) is 14.2 Å². The topological polar surface area (TPSA) is 88.2 Å². The summed E-state index contributed by atoms with van der Waals surface area (Å²) in [7, 11) is 1.85.